The molecule has 0 heterocycles. The lowest BCUT2D eigenvalue weighted by atomic mass is 10.2. The molecule has 0 saturated heterocycles. The van der Waals surface area contributed by atoms with Crippen LogP contribution in [-0.4, -0.2) is 15.5 Å². The zero-order valence-electron chi connectivity index (χ0n) is 11.1. The molecular formula is C14H13ClFNO3S. The number of nitrogens with one attached hydrogen (secondary N) is 1. The van der Waals surface area contributed by atoms with Crippen molar-refractivity contribution in [1.82, 2.24) is 4.72 Å². The lowest BCUT2D eigenvalue weighted by Gasteiger charge is -2.10. The highest BCUT2D eigenvalue weighted by Gasteiger charge is 2.19. The van der Waals surface area contributed by atoms with Crippen molar-refractivity contribution in [3.05, 3.63) is 58.9 Å². The molecule has 2 aromatic carbocycles. The summed E-state index contributed by atoms with van der Waals surface area (Å²) in [7, 11) is -2.48. The van der Waals surface area contributed by atoms with Crippen LogP contribution in [0.4, 0.5) is 4.39 Å². The van der Waals surface area contributed by atoms with Crippen molar-refractivity contribution in [2.24, 2.45) is 0 Å². The minimum Gasteiger partial charge on any atom is -0.496 e. The van der Waals surface area contributed by atoms with Crippen molar-refractivity contribution in [3.8, 4) is 5.75 Å². The predicted molar refractivity (Wildman–Crippen MR) is 78.4 cm³/mol. The summed E-state index contributed by atoms with van der Waals surface area (Å²) in [5.41, 5.74) is 0.651. The highest BCUT2D eigenvalue weighted by molar-refractivity contribution is 7.89. The topological polar surface area (TPSA) is 55.4 Å². The molecule has 0 spiro atoms. The van der Waals surface area contributed by atoms with Crippen molar-refractivity contribution in [3.63, 3.8) is 0 Å². The maximum absolute atomic E-state index is 13.7. The molecule has 0 fully saturated rings. The first-order chi connectivity index (χ1) is 9.94. The second-order valence-electron chi connectivity index (χ2n) is 4.21. The number of rotatable bonds is 5. The molecule has 0 unspecified atom stereocenters. The molecule has 0 aliphatic carbocycles. The summed E-state index contributed by atoms with van der Waals surface area (Å²) < 4.78 is 45.4. The van der Waals surface area contributed by atoms with E-state index < -0.39 is 20.7 Å². The summed E-state index contributed by atoms with van der Waals surface area (Å²) in [6, 6.07) is 10.4. The molecule has 0 aliphatic heterocycles. The van der Waals surface area contributed by atoms with E-state index in [2.05, 4.69) is 4.72 Å². The van der Waals surface area contributed by atoms with Crippen molar-refractivity contribution < 1.29 is 17.5 Å². The molecule has 0 bridgehead atoms. The number of ether oxygens (including phenoxy) is 1. The molecular weight excluding hydrogens is 317 g/mol. The number of methoxy groups -OCH3 is 1. The fourth-order valence-electron chi connectivity index (χ4n) is 1.79. The van der Waals surface area contributed by atoms with Crippen molar-refractivity contribution in [2.45, 2.75) is 11.4 Å². The Bertz CT molecular complexity index is 750. The Balaban J connectivity index is 2.22. The number of sulfonamides is 1. The average Bonchev–Trinajstić information content (AvgIpc) is 2.45. The van der Waals surface area contributed by atoms with Gasteiger partial charge in [0.2, 0.25) is 10.0 Å². The zero-order valence-corrected chi connectivity index (χ0v) is 12.7. The first kappa shape index (κ1) is 15.8. The lowest BCUT2D eigenvalue weighted by molar-refractivity contribution is 0.409. The van der Waals surface area contributed by atoms with Gasteiger partial charge in [0.25, 0.3) is 0 Å². The van der Waals surface area contributed by atoms with Crippen LogP contribution in [0, 0.1) is 5.82 Å². The fourth-order valence-corrected chi connectivity index (χ4v) is 3.02. The molecule has 0 aliphatic rings. The molecule has 4 nitrogen and oxygen atoms in total. The van der Waals surface area contributed by atoms with E-state index in [1.807, 2.05) is 0 Å². The Labute approximate surface area is 127 Å². The van der Waals surface area contributed by atoms with Crippen molar-refractivity contribution in [1.29, 1.82) is 0 Å². The SMILES string of the molecule is COc1ccccc1CNS(=O)(=O)c1ccc(Cl)cc1F. The van der Waals surface area contributed by atoms with Crippen LogP contribution in [0.25, 0.3) is 0 Å². The summed E-state index contributed by atoms with van der Waals surface area (Å²) in [5, 5.41) is 0.135. The largest absolute Gasteiger partial charge is 0.496 e. The van der Waals surface area contributed by atoms with Gasteiger partial charge < -0.3 is 4.74 Å². The maximum atomic E-state index is 13.7. The quantitative estimate of drug-likeness (QED) is 0.917. The smallest absolute Gasteiger partial charge is 0.243 e. The predicted octanol–water partition coefficient (Wildman–Crippen LogP) is 2.97. The molecule has 2 rings (SSSR count). The van der Waals surface area contributed by atoms with Crippen LogP contribution in [0.3, 0.4) is 0 Å². The van der Waals surface area contributed by atoms with Gasteiger partial charge in [-0.05, 0) is 24.3 Å². The van der Waals surface area contributed by atoms with Gasteiger partial charge >= 0.3 is 0 Å². The van der Waals surface area contributed by atoms with Gasteiger partial charge in [-0.3, -0.25) is 0 Å². The van der Waals surface area contributed by atoms with Gasteiger partial charge in [0.15, 0.2) is 0 Å². The zero-order chi connectivity index (χ0) is 15.5. The number of benzene rings is 2. The molecule has 1 N–H and O–H groups in total. The molecule has 7 heteroatoms. The molecule has 112 valence electrons. The third kappa shape index (κ3) is 3.72. The highest BCUT2D eigenvalue weighted by atomic mass is 35.5. The van der Waals surface area contributed by atoms with Gasteiger partial charge in [0, 0.05) is 17.1 Å². The Morgan fingerprint density at radius 2 is 1.95 bits per heavy atom. The monoisotopic (exact) mass is 329 g/mol. The second-order valence-corrected chi connectivity index (χ2v) is 6.38. The van der Waals surface area contributed by atoms with E-state index in [9.17, 15) is 12.8 Å². The molecule has 2 aromatic rings. The third-order valence-corrected chi connectivity index (χ3v) is 4.50. The first-order valence-corrected chi connectivity index (χ1v) is 7.87. The number of halogens is 2. The second kappa shape index (κ2) is 6.43. The van der Waals surface area contributed by atoms with Crippen molar-refractivity contribution in [2.75, 3.05) is 7.11 Å². The molecule has 0 saturated carbocycles. The van der Waals surface area contributed by atoms with E-state index in [0.717, 1.165) is 12.1 Å². The van der Waals surface area contributed by atoms with Crippen LogP contribution in [0.1, 0.15) is 5.56 Å². The molecule has 0 radical (unpaired) electrons. The molecule has 0 atom stereocenters. The Hall–Kier alpha value is -1.63. The van der Waals surface area contributed by atoms with Crippen LogP contribution in [0.15, 0.2) is 47.4 Å². The van der Waals surface area contributed by atoms with Gasteiger partial charge in [-0.15, -0.1) is 0 Å². The normalized spacial score (nSPS) is 11.4. The van der Waals surface area contributed by atoms with Crippen LogP contribution in [0.5, 0.6) is 5.75 Å². The van der Waals surface area contributed by atoms with Crippen LogP contribution in [-0.2, 0) is 16.6 Å². The standard InChI is InChI=1S/C14H13ClFNO3S/c1-20-13-5-3-2-4-10(13)9-17-21(18,19)14-7-6-11(15)8-12(14)16/h2-8,17H,9H2,1H3. The summed E-state index contributed by atoms with van der Waals surface area (Å²) in [4.78, 5) is -0.443. The van der Waals surface area contributed by atoms with Gasteiger partial charge in [-0.2, -0.15) is 0 Å². The Morgan fingerprint density at radius 3 is 2.62 bits per heavy atom. The summed E-state index contributed by atoms with van der Waals surface area (Å²) in [5.74, 6) is -0.341. The minimum atomic E-state index is -3.97. The highest BCUT2D eigenvalue weighted by Crippen LogP contribution is 2.21. The van der Waals surface area contributed by atoms with E-state index >= 15 is 0 Å². The summed E-state index contributed by atoms with van der Waals surface area (Å²) >= 11 is 5.61. The Morgan fingerprint density at radius 1 is 1.24 bits per heavy atom. The van der Waals surface area contributed by atoms with Crippen molar-refractivity contribution >= 4 is 21.6 Å². The minimum absolute atomic E-state index is 0.00554. The number of hydrogen-bond acceptors (Lipinski definition) is 3. The number of hydrogen-bond donors (Lipinski definition) is 1. The van der Waals surface area contributed by atoms with Crippen LogP contribution >= 0.6 is 11.6 Å². The van der Waals surface area contributed by atoms with E-state index in [0.29, 0.717) is 11.3 Å². The van der Waals surface area contributed by atoms with Gasteiger partial charge in [-0.25, -0.2) is 17.5 Å². The molecule has 0 aromatic heterocycles. The first-order valence-electron chi connectivity index (χ1n) is 6.00. The summed E-state index contributed by atoms with van der Waals surface area (Å²) in [6.45, 7) is -0.00554. The Kier molecular flexibility index (Phi) is 4.82. The third-order valence-electron chi connectivity index (χ3n) is 2.83. The maximum Gasteiger partial charge on any atom is 0.243 e. The fraction of sp³-hybridized carbons (Fsp3) is 0.143. The van der Waals surface area contributed by atoms with Crippen LogP contribution < -0.4 is 9.46 Å². The lowest BCUT2D eigenvalue weighted by Crippen LogP contribution is -2.24. The van der Waals surface area contributed by atoms with Crippen LogP contribution in [0.2, 0.25) is 5.02 Å². The average molecular weight is 330 g/mol. The van der Waals surface area contributed by atoms with Gasteiger partial charge in [0.1, 0.15) is 16.5 Å². The van der Waals surface area contributed by atoms with E-state index in [4.69, 9.17) is 16.3 Å². The number of para-hydroxylation sites is 1. The molecule has 21 heavy (non-hydrogen) atoms. The van der Waals surface area contributed by atoms with E-state index in [1.165, 1.54) is 13.2 Å². The molecule has 0 amide bonds. The summed E-state index contributed by atoms with van der Waals surface area (Å²) in [6.07, 6.45) is 0. The van der Waals surface area contributed by atoms with E-state index in [1.54, 1.807) is 24.3 Å². The van der Waals surface area contributed by atoms with Gasteiger partial charge in [-0.1, -0.05) is 29.8 Å². The van der Waals surface area contributed by atoms with Gasteiger partial charge in [0.05, 0.1) is 7.11 Å². The van der Waals surface area contributed by atoms with E-state index in [-0.39, 0.29) is 11.6 Å².